The number of fused-ring (bicyclic) bond motifs is 1. The Morgan fingerprint density at radius 2 is 2.17 bits per heavy atom. The largest absolute Gasteiger partial charge is 0.318 e. The maximum atomic E-state index is 12.7. The van der Waals surface area contributed by atoms with E-state index in [1.165, 1.54) is 0 Å². The van der Waals surface area contributed by atoms with Gasteiger partial charge in [-0.15, -0.1) is 0 Å². The molecule has 0 N–H and O–H groups in total. The average Bonchev–Trinajstić information content (AvgIpc) is 2.33. The molecule has 0 aliphatic carbocycles. The Hall–Kier alpha value is -1.52. The van der Waals surface area contributed by atoms with Gasteiger partial charge in [0.1, 0.15) is 5.52 Å². The summed E-state index contributed by atoms with van der Waals surface area (Å²) in [6.45, 7) is 1.71. The van der Waals surface area contributed by atoms with Crippen molar-refractivity contribution in [1.82, 2.24) is 19.5 Å². The third kappa shape index (κ3) is 0.861. The molecule has 0 aromatic carbocycles. The maximum absolute atomic E-state index is 12.7. The molecule has 0 unspecified atom stereocenters. The first-order valence-electron chi connectivity index (χ1n) is 3.49. The van der Waals surface area contributed by atoms with E-state index in [4.69, 9.17) is 0 Å². The number of rotatable bonds is 0. The average molecular weight is 166 g/mol. The highest BCUT2D eigenvalue weighted by Crippen LogP contribution is 2.11. The summed E-state index contributed by atoms with van der Waals surface area (Å²) in [5.41, 5.74) is 1.75. The highest BCUT2D eigenvalue weighted by molar-refractivity contribution is 5.72. The summed E-state index contributed by atoms with van der Waals surface area (Å²) in [4.78, 5) is 11.2. The summed E-state index contributed by atoms with van der Waals surface area (Å²) in [5.74, 6) is 0. The van der Waals surface area contributed by atoms with Crippen LogP contribution >= 0.6 is 0 Å². The molecule has 0 aliphatic heterocycles. The highest BCUT2D eigenvalue weighted by Gasteiger charge is 2.07. The molecule has 2 aromatic rings. The van der Waals surface area contributed by atoms with Crippen LogP contribution in [0.5, 0.6) is 0 Å². The van der Waals surface area contributed by atoms with Crippen LogP contribution in [0.25, 0.3) is 11.2 Å². The first-order chi connectivity index (χ1) is 5.68. The second kappa shape index (κ2) is 2.23. The van der Waals surface area contributed by atoms with Crippen LogP contribution in [0.15, 0.2) is 6.33 Å². The number of imidazole rings is 1. The lowest BCUT2D eigenvalue weighted by atomic mass is 10.4. The maximum Gasteiger partial charge on any atom is 0.310 e. The zero-order valence-corrected chi connectivity index (χ0v) is 6.74. The van der Waals surface area contributed by atoms with Gasteiger partial charge in [0.25, 0.3) is 0 Å². The van der Waals surface area contributed by atoms with Crippen molar-refractivity contribution < 1.29 is 4.39 Å². The van der Waals surface area contributed by atoms with Crippen LogP contribution in [0.2, 0.25) is 0 Å². The van der Waals surface area contributed by atoms with Gasteiger partial charge in [-0.05, 0) is 6.92 Å². The van der Waals surface area contributed by atoms with E-state index in [0.29, 0.717) is 16.9 Å². The summed E-state index contributed by atoms with van der Waals surface area (Å²) in [5, 5.41) is 0. The van der Waals surface area contributed by atoms with Gasteiger partial charge in [-0.2, -0.15) is 9.37 Å². The van der Waals surface area contributed by atoms with Gasteiger partial charge in [0.15, 0.2) is 5.65 Å². The third-order valence-corrected chi connectivity index (χ3v) is 1.71. The Labute approximate surface area is 68.1 Å². The highest BCUT2D eigenvalue weighted by atomic mass is 19.1. The number of halogens is 1. The molecule has 0 saturated heterocycles. The second-order valence-corrected chi connectivity index (χ2v) is 2.61. The minimum absolute atomic E-state index is 0.528. The predicted octanol–water partition coefficient (Wildman–Crippen LogP) is 0.811. The molecular formula is C7H7FN4. The summed E-state index contributed by atoms with van der Waals surface area (Å²) in [7, 11) is 1.77. The quantitative estimate of drug-likeness (QED) is 0.544. The van der Waals surface area contributed by atoms with Gasteiger partial charge >= 0.3 is 6.08 Å². The standard InChI is InChI=1S/C7H7FN4/c1-4-5-6(11-7(8)10-4)12(2)3-9-5/h3H,1-2H3. The van der Waals surface area contributed by atoms with Crippen molar-refractivity contribution in [2.24, 2.45) is 7.05 Å². The van der Waals surface area contributed by atoms with E-state index in [1.807, 2.05) is 0 Å². The van der Waals surface area contributed by atoms with Gasteiger partial charge in [-0.1, -0.05) is 0 Å². The van der Waals surface area contributed by atoms with E-state index in [1.54, 1.807) is 24.9 Å². The van der Waals surface area contributed by atoms with Crippen molar-refractivity contribution in [2.75, 3.05) is 0 Å². The summed E-state index contributed by atoms with van der Waals surface area (Å²) in [6.07, 6.45) is 0.884. The third-order valence-electron chi connectivity index (χ3n) is 1.71. The van der Waals surface area contributed by atoms with Crippen LogP contribution in [-0.4, -0.2) is 19.5 Å². The zero-order valence-electron chi connectivity index (χ0n) is 6.74. The lowest BCUT2D eigenvalue weighted by molar-refractivity contribution is 0.539. The smallest absolute Gasteiger partial charge is 0.310 e. The zero-order chi connectivity index (χ0) is 8.72. The molecule has 4 nitrogen and oxygen atoms in total. The van der Waals surface area contributed by atoms with Crippen molar-refractivity contribution in [3.63, 3.8) is 0 Å². The van der Waals surface area contributed by atoms with E-state index < -0.39 is 6.08 Å². The van der Waals surface area contributed by atoms with E-state index in [0.717, 1.165) is 0 Å². The summed E-state index contributed by atoms with van der Waals surface area (Å²) >= 11 is 0. The van der Waals surface area contributed by atoms with Gasteiger partial charge in [-0.3, -0.25) is 0 Å². The van der Waals surface area contributed by atoms with Crippen LogP contribution in [0.4, 0.5) is 4.39 Å². The molecule has 0 fully saturated rings. The lowest BCUT2D eigenvalue weighted by Gasteiger charge is -1.95. The topological polar surface area (TPSA) is 43.6 Å². The molecule has 5 heteroatoms. The summed E-state index contributed by atoms with van der Waals surface area (Å²) in [6, 6.07) is 0. The van der Waals surface area contributed by atoms with E-state index in [2.05, 4.69) is 15.0 Å². The first-order valence-corrected chi connectivity index (χ1v) is 3.49. The number of hydrogen-bond acceptors (Lipinski definition) is 3. The van der Waals surface area contributed by atoms with Crippen molar-refractivity contribution >= 4 is 11.2 Å². The molecule has 2 aromatic heterocycles. The SMILES string of the molecule is Cc1nc(F)nc2c1ncn2C. The fraction of sp³-hybridized carbons (Fsp3) is 0.286. The Balaban J connectivity index is 2.92. The van der Waals surface area contributed by atoms with E-state index in [-0.39, 0.29) is 0 Å². The number of aromatic nitrogens is 4. The van der Waals surface area contributed by atoms with Crippen molar-refractivity contribution in [3.8, 4) is 0 Å². The molecule has 0 amide bonds. The molecule has 0 spiro atoms. The Bertz CT molecular complexity index is 434. The van der Waals surface area contributed by atoms with Gasteiger partial charge in [0, 0.05) is 7.05 Å². The minimum atomic E-state index is -0.705. The monoisotopic (exact) mass is 166 g/mol. The molecule has 2 heterocycles. The molecule has 2 rings (SSSR count). The Kier molecular flexibility index (Phi) is 1.33. The van der Waals surface area contributed by atoms with Gasteiger partial charge < -0.3 is 4.57 Å². The molecule has 0 bridgehead atoms. The normalized spacial score (nSPS) is 10.9. The summed E-state index contributed by atoms with van der Waals surface area (Å²) < 4.78 is 14.4. The Morgan fingerprint density at radius 1 is 1.42 bits per heavy atom. The van der Waals surface area contributed by atoms with Crippen LogP contribution < -0.4 is 0 Å². The van der Waals surface area contributed by atoms with Crippen LogP contribution in [-0.2, 0) is 7.05 Å². The van der Waals surface area contributed by atoms with Crippen molar-refractivity contribution in [3.05, 3.63) is 18.1 Å². The number of aryl methyl sites for hydroxylation is 2. The number of nitrogens with zero attached hydrogens (tertiary/aromatic N) is 4. The fourth-order valence-electron chi connectivity index (χ4n) is 1.11. The number of hydrogen-bond donors (Lipinski definition) is 0. The first kappa shape index (κ1) is 7.15. The minimum Gasteiger partial charge on any atom is -0.318 e. The molecule has 0 saturated carbocycles. The van der Waals surface area contributed by atoms with E-state index in [9.17, 15) is 4.39 Å². The molecule has 0 aliphatic rings. The molecule has 0 atom stereocenters. The van der Waals surface area contributed by atoms with Gasteiger partial charge in [-0.25, -0.2) is 9.97 Å². The predicted molar refractivity (Wildman–Crippen MR) is 41.0 cm³/mol. The molecule has 0 radical (unpaired) electrons. The van der Waals surface area contributed by atoms with Gasteiger partial charge in [0.2, 0.25) is 0 Å². The van der Waals surface area contributed by atoms with Crippen LogP contribution in [0.3, 0.4) is 0 Å². The fourth-order valence-corrected chi connectivity index (χ4v) is 1.11. The molecular weight excluding hydrogens is 159 g/mol. The molecule has 62 valence electrons. The van der Waals surface area contributed by atoms with Crippen molar-refractivity contribution in [1.29, 1.82) is 0 Å². The van der Waals surface area contributed by atoms with Gasteiger partial charge in [0.05, 0.1) is 12.0 Å². The van der Waals surface area contributed by atoms with Crippen LogP contribution in [0.1, 0.15) is 5.69 Å². The van der Waals surface area contributed by atoms with E-state index >= 15 is 0 Å². The Morgan fingerprint density at radius 3 is 2.92 bits per heavy atom. The molecule has 12 heavy (non-hydrogen) atoms. The van der Waals surface area contributed by atoms with Crippen LogP contribution in [0, 0.1) is 13.0 Å². The lowest BCUT2D eigenvalue weighted by Crippen LogP contribution is -1.96. The second-order valence-electron chi connectivity index (χ2n) is 2.61. The van der Waals surface area contributed by atoms with Crippen molar-refractivity contribution in [2.45, 2.75) is 6.92 Å².